The average molecular weight is 356 g/mol. The molecule has 1 fully saturated rings. The summed E-state index contributed by atoms with van der Waals surface area (Å²) >= 11 is 0. The van der Waals surface area contributed by atoms with E-state index in [1.807, 2.05) is 43.0 Å². The number of aryl methyl sites for hydroxylation is 1. The number of rotatable bonds is 5. The summed E-state index contributed by atoms with van der Waals surface area (Å²) < 4.78 is 11.3. The molecule has 2 heterocycles. The van der Waals surface area contributed by atoms with Gasteiger partial charge in [-0.3, -0.25) is 0 Å². The van der Waals surface area contributed by atoms with Gasteiger partial charge in [-0.1, -0.05) is 0 Å². The molecule has 3 rings (SSSR count). The van der Waals surface area contributed by atoms with Crippen molar-refractivity contribution in [3.05, 3.63) is 42.4 Å². The molecule has 0 spiro atoms. The summed E-state index contributed by atoms with van der Waals surface area (Å²) in [6, 6.07) is 9.06. The lowest BCUT2D eigenvalue weighted by Gasteiger charge is -2.31. The third kappa shape index (κ3) is 4.84. The zero-order valence-electron chi connectivity index (χ0n) is 15.1. The number of benzene rings is 1. The summed E-state index contributed by atoms with van der Waals surface area (Å²) in [6.07, 6.45) is 3.31. The number of hydrogen-bond donors (Lipinski definition) is 1. The van der Waals surface area contributed by atoms with E-state index in [9.17, 15) is 4.79 Å². The highest BCUT2D eigenvalue weighted by Gasteiger charge is 2.24. The van der Waals surface area contributed by atoms with Crippen LogP contribution in [-0.4, -0.2) is 46.7 Å². The highest BCUT2D eigenvalue weighted by molar-refractivity contribution is 5.89. The van der Waals surface area contributed by atoms with Gasteiger partial charge in [0.05, 0.1) is 6.61 Å². The Morgan fingerprint density at radius 3 is 2.62 bits per heavy atom. The molecule has 1 N–H and O–H groups in total. The van der Waals surface area contributed by atoms with Crippen molar-refractivity contribution in [1.82, 2.24) is 14.9 Å². The monoisotopic (exact) mass is 356 g/mol. The second kappa shape index (κ2) is 8.51. The topological polar surface area (TPSA) is 76.6 Å². The van der Waals surface area contributed by atoms with Crippen LogP contribution in [0.1, 0.15) is 25.6 Å². The Kier molecular flexibility index (Phi) is 5.88. The molecule has 0 radical (unpaired) electrons. The fourth-order valence-electron chi connectivity index (χ4n) is 2.85. The predicted molar refractivity (Wildman–Crippen MR) is 98.6 cm³/mol. The van der Waals surface area contributed by atoms with Crippen molar-refractivity contribution in [2.45, 2.75) is 32.8 Å². The molecule has 7 nitrogen and oxygen atoms in total. The van der Waals surface area contributed by atoms with Crippen LogP contribution >= 0.6 is 0 Å². The van der Waals surface area contributed by atoms with E-state index in [1.165, 1.54) is 0 Å². The zero-order chi connectivity index (χ0) is 18.4. The minimum Gasteiger partial charge on any atom is -0.494 e. The maximum Gasteiger partial charge on any atom is 0.321 e. The van der Waals surface area contributed by atoms with Crippen LogP contribution in [0.5, 0.6) is 11.6 Å². The first kappa shape index (κ1) is 18.0. The van der Waals surface area contributed by atoms with Crippen LogP contribution in [0.25, 0.3) is 0 Å². The molecule has 7 heteroatoms. The van der Waals surface area contributed by atoms with Gasteiger partial charge < -0.3 is 19.7 Å². The van der Waals surface area contributed by atoms with Gasteiger partial charge in [0.1, 0.15) is 17.7 Å². The quantitative estimate of drug-likeness (QED) is 0.890. The van der Waals surface area contributed by atoms with Gasteiger partial charge in [-0.05, 0) is 38.1 Å². The number of likely N-dealkylation sites (tertiary alicyclic amines) is 1. The number of amides is 2. The molecule has 138 valence electrons. The van der Waals surface area contributed by atoms with Crippen LogP contribution in [-0.2, 0) is 0 Å². The molecule has 0 saturated carbocycles. The predicted octanol–water partition coefficient (Wildman–Crippen LogP) is 3.26. The number of hydrogen-bond acceptors (Lipinski definition) is 5. The molecule has 0 bridgehead atoms. The number of piperidine rings is 1. The molecule has 0 atom stereocenters. The summed E-state index contributed by atoms with van der Waals surface area (Å²) in [7, 11) is 0. The van der Waals surface area contributed by atoms with E-state index in [2.05, 4.69) is 15.3 Å². The van der Waals surface area contributed by atoms with Crippen LogP contribution in [0, 0.1) is 6.92 Å². The first-order valence-corrected chi connectivity index (χ1v) is 8.89. The van der Waals surface area contributed by atoms with Gasteiger partial charge in [0.15, 0.2) is 0 Å². The van der Waals surface area contributed by atoms with Gasteiger partial charge in [-0.25, -0.2) is 9.78 Å². The van der Waals surface area contributed by atoms with Gasteiger partial charge in [0, 0.05) is 43.9 Å². The van der Waals surface area contributed by atoms with Crippen LogP contribution in [0.4, 0.5) is 10.5 Å². The van der Waals surface area contributed by atoms with Gasteiger partial charge in [-0.15, -0.1) is 0 Å². The number of nitrogens with zero attached hydrogens (tertiary/aromatic N) is 3. The Bertz CT molecular complexity index is 728. The molecule has 26 heavy (non-hydrogen) atoms. The van der Waals surface area contributed by atoms with E-state index in [1.54, 1.807) is 12.3 Å². The molecule has 1 aliphatic rings. The Morgan fingerprint density at radius 2 is 1.96 bits per heavy atom. The first-order chi connectivity index (χ1) is 12.6. The molecule has 1 aromatic carbocycles. The highest BCUT2D eigenvalue weighted by atomic mass is 16.5. The van der Waals surface area contributed by atoms with E-state index >= 15 is 0 Å². The van der Waals surface area contributed by atoms with E-state index in [-0.39, 0.29) is 12.1 Å². The van der Waals surface area contributed by atoms with Gasteiger partial charge in [0.25, 0.3) is 0 Å². The summed E-state index contributed by atoms with van der Waals surface area (Å²) in [4.78, 5) is 22.5. The van der Waals surface area contributed by atoms with Crippen molar-refractivity contribution >= 4 is 11.7 Å². The Balaban J connectivity index is 1.47. The van der Waals surface area contributed by atoms with Crippen molar-refractivity contribution in [3.8, 4) is 11.6 Å². The lowest BCUT2D eigenvalue weighted by molar-refractivity contribution is 0.111. The number of anilines is 1. The van der Waals surface area contributed by atoms with E-state index < -0.39 is 0 Å². The Morgan fingerprint density at radius 1 is 1.23 bits per heavy atom. The molecule has 0 aliphatic carbocycles. The highest BCUT2D eigenvalue weighted by Crippen LogP contribution is 2.19. The normalized spacial score (nSPS) is 14.8. The third-order valence-corrected chi connectivity index (χ3v) is 4.18. The summed E-state index contributed by atoms with van der Waals surface area (Å²) in [5, 5.41) is 2.92. The number of nitrogens with one attached hydrogen (secondary N) is 1. The lowest BCUT2D eigenvalue weighted by atomic mass is 10.1. The van der Waals surface area contributed by atoms with Crippen molar-refractivity contribution < 1.29 is 14.3 Å². The fraction of sp³-hybridized carbons (Fsp3) is 0.421. The largest absolute Gasteiger partial charge is 0.494 e. The van der Waals surface area contributed by atoms with Gasteiger partial charge >= 0.3 is 6.03 Å². The van der Waals surface area contributed by atoms with Crippen LogP contribution in [0.3, 0.4) is 0 Å². The van der Waals surface area contributed by atoms with E-state index in [0.29, 0.717) is 31.4 Å². The molecule has 1 saturated heterocycles. The number of carbonyl (C=O) groups excluding carboxylic acids is 1. The van der Waals surface area contributed by atoms with Crippen molar-refractivity contribution in [2.75, 3.05) is 25.0 Å². The minimum absolute atomic E-state index is 0.0684. The van der Waals surface area contributed by atoms with Gasteiger partial charge in [0.2, 0.25) is 5.88 Å². The molecular formula is C19H24N4O3. The number of carbonyl (C=O) groups is 1. The molecule has 2 amide bonds. The SMILES string of the molecule is CCOc1ccc(NC(=O)N2CCC(Oc3ccnc(C)n3)CC2)cc1. The minimum atomic E-state index is -0.0921. The fourth-order valence-corrected chi connectivity index (χ4v) is 2.85. The second-order valence-electron chi connectivity index (χ2n) is 6.13. The standard InChI is InChI=1S/C19H24N4O3/c1-3-25-16-6-4-15(5-7-16)22-19(24)23-12-9-17(10-13-23)26-18-8-11-20-14(2)21-18/h4-8,11,17H,3,9-10,12-13H2,1-2H3,(H,22,24). The molecule has 0 unspecified atom stereocenters. The first-order valence-electron chi connectivity index (χ1n) is 8.89. The van der Waals surface area contributed by atoms with Crippen molar-refractivity contribution in [3.63, 3.8) is 0 Å². The average Bonchev–Trinajstić information content (AvgIpc) is 2.64. The smallest absolute Gasteiger partial charge is 0.321 e. The van der Waals surface area contributed by atoms with Crippen molar-refractivity contribution in [1.29, 1.82) is 0 Å². The third-order valence-electron chi connectivity index (χ3n) is 4.18. The van der Waals surface area contributed by atoms with Crippen LogP contribution < -0.4 is 14.8 Å². The zero-order valence-corrected chi connectivity index (χ0v) is 15.1. The maximum atomic E-state index is 12.4. The van der Waals surface area contributed by atoms with Crippen LogP contribution in [0.2, 0.25) is 0 Å². The maximum absolute atomic E-state index is 12.4. The Labute approximate surface area is 153 Å². The molecular weight excluding hydrogens is 332 g/mol. The number of urea groups is 1. The van der Waals surface area contributed by atoms with E-state index in [0.717, 1.165) is 24.3 Å². The summed E-state index contributed by atoms with van der Waals surface area (Å²) in [5.41, 5.74) is 0.758. The lowest BCUT2D eigenvalue weighted by Crippen LogP contribution is -2.43. The molecule has 1 aliphatic heterocycles. The summed E-state index contributed by atoms with van der Waals surface area (Å²) in [5.74, 6) is 2.08. The Hall–Kier alpha value is -2.83. The van der Waals surface area contributed by atoms with Crippen LogP contribution in [0.15, 0.2) is 36.5 Å². The van der Waals surface area contributed by atoms with E-state index in [4.69, 9.17) is 9.47 Å². The second-order valence-corrected chi connectivity index (χ2v) is 6.13. The molecule has 1 aromatic heterocycles. The number of ether oxygens (including phenoxy) is 2. The van der Waals surface area contributed by atoms with Crippen molar-refractivity contribution in [2.24, 2.45) is 0 Å². The van der Waals surface area contributed by atoms with Gasteiger partial charge in [-0.2, -0.15) is 4.98 Å². The number of aromatic nitrogens is 2. The summed E-state index contributed by atoms with van der Waals surface area (Å²) in [6.45, 7) is 5.70. The molecule has 2 aromatic rings.